The van der Waals surface area contributed by atoms with Crippen LogP contribution in [0.4, 0.5) is 4.39 Å². The van der Waals surface area contributed by atoms with Crippen molar-refractivity contribution < 1.29 is 4.39 Å². The highest BCUT2D eigenvalue weighted by atomic mass is 32.1. The van der Waals surface area contributed by atoms with Crippen LogP contribution in [0.25, 0.3) is 0 Å². The average Bonchev–Trinajstić information content (AvgIpc) is 3.03. The van der Waals surface area contributed by atoms with Crippen LogP contribution < -0.4 is 0 Å². The lowest BCUT2D eigenvalue weighted by Crippen LogP contribution is -2.25. The molecule has 0 saturated heterocycles. The van der Waals surface area contributed by atoms with Gasteiger partial charge in [-0.2, -0.15) is 0 Å². The van der Waals surface area contributed by atoms with Gasteiger partial charge >= 0.3 is 0 Å². The molecular formula is C14H11FS2. The Bertz CT molecular complexity index is 537. The van der Waals surface area contributed by atoms with Gasteiger partial charge in [0.25, 0.3) is 0 Å². The molecule has 2 aromatic heterocycles. The van der Waals surface area contributed by atoms with Crippen molar-refractivity contribution in [3.63, 3.8) is 0 Å². The molecule has 3 rings (SSSR count). The number of allylic oxidation sites excluding steroid dienone is 4. The van der Waals surface area contributed by atoms with Gasteiger partial charge in [0, 0.05) is 9.75 Å². The molecule has 0 aliphatic heterocycles. The second-order valence-corrected chi connectivity index (χ2v) is 5.91. The summed E-state index contributed by atoms with van der Waals surface area (Å²) < 4.78 is 15.2. The molecule has 0 amide bonds. The second kappa shape index (κ2) is 4.24. The van der Waals surface area contributed by atoms with Gasteiger partial charge in [-0.15, -0.1) is 22.7 Å². The Labute approximate surface area is 108 Å². The first-order valence-electron chi connectivity index (χ1n) is 5.43. The molecule has 17 heavy (non-hydrogen) atoms. The second-order valence-electron chi connectivity index (χ2n) is 3.98. The number of halogens is 1. The first kappa shape index (κ1) is 10.9. The van der Waals surface area contributed by atoms with E-state index in [0.717, 1.165) is 9.75 Å². The molecule has 2 heterocycles. The summed E-state index contributed by atoms with van der Waals surface area (Å²) in [6, 6.07) is 7.75. The van der Waals surface area contributed by atoms with Gasteiger partial charge in [-0.05, 0) is 29.0 Å². The molecule has 0 bridgehead atoms. The summed E-state index contributed by atoms with van der Waals surface area (Å²) in [6.07, 6.45) is 7.34. The maximum atomic E-state index is 15.2. The Morgan fingerprint density at radius 1 is 1.06 bits per heavy atom. The zero-order chi connectivity index (χ0) is 11.7. The lowest BCUT2D eigenvalue weighted by Gasteiger charge is -2.29. The predicted molar refractivity (Wildman–Crippen MR) is 72.4 cm³/mol. The Morgan fingerprint density at radius 2 is 1.88 bits per heavy atom. The summed E-state index contributed by atoms with van der Waals surface area (Å²) in [4.78, 5) is 1.85. The predicted octanol–water partition coefficient (Wildman–Crippen LogP) is 4.88. The van der Waals surface area contributed by atoms with Gasteiger partial charge in [0.2, 0.25) is 0 Å². The summed E-state index contributed by atoms with van der Waals surface area (Å²) >= 11 is 3.08. The van der Waals surface area contributed by atoms with E-state index in [1.807, 2.05) is 47.2 Å². The number of thiophene rings is 2. The fraction of sp³-hybridized carbons (Fsp3) is 0.143. The fourth-order valence-electron chi connectivity index (χ4n) is 2.12. The highest BCUT2D eigenvalue weighted by Gasteiger charge is 2.40. The van der Waals surface area contributed by atoms with E-state index in [1.54, 1.807) is 23.5 Å². The van der Waals surface area contributed by atoms with Crippen LogP contribution >= 0.6 is 22.7 Å². The maximum absolute atomic E-state index is 15.2. The summed E-state index contributed by atoms with van der Waals surface area (Å²) in [5, 5.41) is 3.92. The van der Waals surface area contributed by atoms with E-state index >= 15 is 4.39 Å². The van der Waals surface area contributed by atoms with Crippen molar-refractivity contribution in [2.75, 3.05) is 0 Å². The summed E-state index contributed by atoms with van der Waals surface area (Å²) in [5.41, 5.74) is -1.40. The molecule has 0 nitrogen and oxygen atoms in total. The zero-order valence-electron chi connectivity index (χ0n) is 9.05. The molecule has 2 unspecified atom stereocenters. The molecule has 86 valence electrons. The van der Waals surface area contributed by atoms with E-state index in [0.29, 0.717) is 0 Å². The molecule has 0 saturated carbocycles. The highest BCUT2D eigenvalue weighted by molar-refractivity contribution is 7.10. The lowest BCUT2D eigenvalue weighted by atomic mass is 9.83. The smallest absolute Gasteiger partial charge is 0.174 e. The van der Waals surface area contributed by atoms with E-state index in [2.05, 4.69) is 0 Å². The van der Waals surface area contributed by atoms with Crippen LogP contribution in [0.5, 0.6) is 0 Å². The van der Waals surface area contributed by atoms with Crippen molar-refractivity contribution in [3.8, 4) is 0 Å². The minimum absolute atomic E-state index is 0.203. The van der Waals surface area contributed by atoms with Crippen molar-refractivity contribution in [1.29, 1.82) is 0 Å². The largest absolute Gasteiger partial charge is 0.232 e. The highest BCUT2D eigenvalue weighted by Crippen LogP contribution is 2.47. The topological polar surface area (TPSA) is 0 Å². The molecule has 1 aliphatic rings. The first-order valence-corrected chi connectivity index (χ1v) is 7.19. The number of hydrogen-bond donors (Lipinski definition) is 0. The maximum Gasteiger partial charge on any atom is 0.174 e. The van der Waals surface area contributed by atoms with Crippen LogP contribution in [0.2, 0.25) is 0 Å². The average molecular weight is 262 g/mol. The minimum Gasteiger partial charge on any atom is -0.232 e. The van der Waals surface area contributed by atoms with Crippen LogP contribution in [-0.2, 0) is 5.67 Å². The van der Waals surface area contributed by atoms with E-state index < -0.39 is 5.67 Å². The molecule has 3 heteroatoms. The number of rotatable bonds is 2. The van der Waals surface area contributed by atoms with Crippen LogP contribution in [-0.4, -0.2) is 0 Å². The summed E-state index contributed by atoms with van der Waals surface area (Å²) in [5.74, 6) is -0.203. The van der Waals surface area contributed by atoms with E-state index in [9.17, 15) is 0 Å². The van der Waals surface area contributed by atoms with Crippen LogP contribution in [0.1, 0.15) is 15.7 Å². The monoisotopic (exact) mass is 262 g/mol. The zero-order valence-corrected chi connectivity index (χ0v) is 10.7. The number of alkyl halides is 1. The standard InChI is InChI=1S/C14H11FS2/c15-14(13-7-4-10-17-13)8-2-1-5-11(14)12-6-3-9-16-12/h1-11H. The summed E-state index contributed by atoms with van der Waals surface area (Å²) in [6.45, 7) is 0. The minimum atomic E-state index is -1.40. The fourth-order valence-corrected chi connectivity index (χ4v) is 3.82. The van der Waals surface area contributed by atoms with Gasteiger partial charge in [-0.3, -0.25) is 0 Å². The van der Waals surface area contributed by atoms with Gasteiger partial charge in [0.1, 0.15) is 0 Å². The van der Waals surface area contributed by atoms with E-state index in [4.69, 9.17) is 0 Å². The Morgan fingerprint density at radius 3 is 2.59 bits per heavy atom. The Hall–Kier alpha value is -1.19. The molecule has 0 aromatic carbocycles. The Kier molecular flexibility index (Phi) is 2.73. The third-order valence-corrected chi connectivity index (χ3v) is 4.91. The van der Waals surface area contributed by atoms with Crippen molar-refractivity contribution in [2.45, 2.75) is 11.6 Å². The van der Waals surface area contributed by atoms with Crippen molar-refractivity contribution >= 4 is 22.7 Å². The molecule has 0 radical (unpaired) electrons. The van der Waals surface area contributed by atoms with Crippen molar-refractivity contribution in [1.82, 2.24) is 0 Å². The molecule has 0 N–H and O–H groups in total. The molecule has 2 atom stereocenters. The van der Waals surface area contributed by atoms with Gasteiger partial charge in [-0.25, -0.2) is 4.39 Å². The molecule has 0 spiro atoms. The Balaban J connectivity index is 2.08. The van der Waals surface area contributed by atoms with E-state index in [1.165, 1.54) is 11.3 Å². The normalized spacial score (nSPS) is 27.5. The van der Waals surface area contributed by atoms with Crippen molar-refractivity contribution in [2.24, 2.45) is 0 Å². The van der Waals surface area contributed by atoms with Gasteiger partial charge < -0.3 is 0 Å². The van der Waals surface area contributed by atoms with Gasteiger partial charge in [-0.1, -0.05) is 30.4 Å². The third kappa shape index (κ3) is 1.79. The van der Waals surface area contributed by atoms with E-state index in [-0.39, 0.29) is 5.92 Å². The van der Waals surface area contributed by atoms with Gasteiger partial charge in [0.05, 0.1) is 5.92 Å². The van der Waals surface area contributed by atoms with Gasteiger partial charge in [0.15, 0.2) is 5.67 Å². The molecule has 2 aromatic rings. The SMILES string of the molecule is FC1(c2cccs2)C=CC=CC1c1cccs1. The van der Waals surface area contributed by atoms with Crippen LogP contribution in [0.15, 0.2) is 59.3 Å². The first-order chi connectivity index (χ1) is 8.31. The summed E-state index contributed by atoms with van der Waals surface area (Å²) in [7, 11) is 0. The third-order valence-electron chi connectivity index (χ3n) is 2.95. The van der Waals surface area contributed by atoms with Crippen LogP contribution in [0, 0.1) is 0 Å². The van der Waals surface area contributed by atoms with Crippen LogP contribution in [0.3, 0.4) is 0 Å². The molecular weight excluding hydrogens is 251 g/mol. The van der Waals surface area contributed by atoms with Crippen molar-refractivity contribution in [3.05, 3.63) is 69.1 Å². The quantitative estimate of drug-likeness (QED) is 0.723. The molecule has 0 fully saturated rings. The molecule has 1 aliphatic carbocycles. The number of hydrogen-bond acceptors (Lipinski definition) is 2. The lowest BCUT2D eigenvalue weighted by molar-refractivity contribution is 0.214.